The Labute approximate surface area is 179 Å². The fourth-order valence-corrected chi connectivity index (χ4v) is 3.30. The Bertz CT molecular complexity index is 1130. The van der Waals surface area contributed by atoms with Crippen LogP contribution in [0.25, 0.3) is 10.8 Å². The minimum Gasteiger partial charge on any atom is -0.311 e. The first-order valence-corrected chi connectivity index (χ1v) is 9.51. The summed E-state index contributed by atoms with van der Waals surface area (Å²) in [5, 5.41) is 1.27. The second-order valence-corrected chi connectivity index (χ2v) is 7.09. The summed E-state index contributed by atoms with van der Waals surface area (Å²) in [5.41, 5.74) is -0.347. The van der Waals surface area contributed by atoms with Crippen molar-refractivity contribution in [2.45, 2.75) is 25.2 Å². The largest absolute Gasteiger partial charge is 0.450 e. The molecule has 0 saturated carbocycles. The van der Waals surface area contributed by atoms with Gasteiger partial charge in [-0.15, -0.1) is 0 Å². The number of ketones is 1. The van der Waals surface area contributed by atoms with Gasteiger partial charge in [-0.2, -0.15) is 26.3 Å². The number of nitrogens with zero attached hydrogens (tertiary/aromatic N) is 1. The summed E-state index contributed by atoms with van der Waals surface area (Å²) in [7, 11) is 0. The van der Waals surface area contributed by atoms with E-state index in [1.165, 1.54) is 18.2 Å². The van der Waals surface area contributed by atoms with Crippen molar-refractivity contribution in [3.05, 3.63) is 77.9 Å². The zero-order valence-corrected chi connectivity index (χ0v) is 16.5. The SMILES string of the molecule is O=C(CC(=O)C(F)(F)F)N(CCc1cccc(C(F)(F)F)c1)c1cccc2ccccc12. The van der Waals surface area contributed by atoms with Crippen LogP contribution < -0.4 is 4.90 Å². The van der Waals surface area contributed by atoms with E-state index in [2.05, 4.69) is 0 Å². The van der Waals surface area contributed by atoms with E-state index in [-0.39, 0.29) is 24.2 Å². The molecule has 3 aromatic rings. The molecule has 0 aromatic heterocycles. The molecule has 0 heterocycles. The number of rotatable bonds is 6. The Balaban J connectivity index is 1.94. The van der Waals surface area contributed by atoms with Gasteiger partial charge in [-0.25, -0.2) is 0 Å². The number of alkyl halides is 6. The second-order valence-electron chi connectivity index (χ2n) is 7.09. The molecule has 0 atom stereocenters. The van der Waals surface area contributed by atoms with E-state index in [0.717, 1.165) is 17.0 Å². The summed E-state index contributed by atoms with van der Waals surface area (Å²) in [6.45, 7) is -0.209. The number of fused-ring (bicyclic) bond motifs is 1. The van der Waals surface area contributed by atoms with E-state index >= 15 is 0 Å². The van der Waals surface area contributed by atoms with Crippen molar-refractivity contribution in [1.29, 1.82) is 0 Å². The molecule has 3 rings (SSSR count). The molecular weight excluding hydrogens is 436 g/mol. The predicted octanol–water partition coefficient (Wildman–Crippen LogP) is 5.96. The van der Waals surface area contributed by atoms with Crippen LogP contribution in [0.5, 0.6) is 0 Å². The summed E-state index contributed by atoms with van der Waals surface area (Å²) < 4.78 is 77.1. The van der Waals surface area contributed by atoms with Crippen molar-refractivity contribution in [1.82, 2.24) is 0 Å². The maximum Gasteiger partial charge on any atom is 0.450 e. The molecule has 1 amide bonds. The van der Waals surface area contributed by atoms with E-state index in [4.69, 9.17) is 0 Å². The van der Waals surface area contributed by atoms with E-state index in [0.29, 0.717) is 10.8 Å². The lowest BCUT2D eigenvalue weighted by Crippen LogP contribution is -2.37. The number of carbonyl (C=O) groups excluding carboxylic acids is 2. The van der Waals surface area contributed by atoms with E-state index in [1.54, 1.807) is 36.4 Å². The number of carbonyl (C=O) groups is 2. The average molecular weight is 453 g/mol. The summed E-state index contributed by atoms with van der Waals surface area (Å²) in [5.74, 6) is -3.28. The predicted molar refractivity (Wildman–Crippen MR) is 107 cm³/mol. The summed E-state index contributed by atoms with van der Waals surface area (Å²) in [6, 6.07) is 16.2. The van der Waals surface area contributed by atoms with Crippen molar-refractivity contribution in [2.24, 2.45) is 0 Å². The van der Waals surface area contributed by atoms with Crippen molar-refractivity contribution >= 4 is 28.2 Å². The summed E-state index contributed by atoms with van der Waals surface area (Å²) in [6.07, 6.45) is -11.2. The van der Waals surface area contributed by atoms with Gasteiger partial charge in [-0.1, -0.05) is 54.6 Å². The molecule has 0 N–H and O–H groups in total. The molecule has 9 heteroatoms. The highest BCUT2D eigenvalue weighted by molar-refractivity contribution is 6.10. The number of halogens is 6. The van der Waals surface area contributed by atoms with Crippen molar-refractivity contribution in [3.63, 3.8) is 0 Å². The summed E-state index contributed by atoms with van der Waals surface area (Å²) in [4.78, 5) is 25.1. The lowest BCUT2D eigenvalue weighted by Gasteiger charge is -2.25. The first-order valence-electron chi connectivity index (χ1n) is 9.51. The monoisotopic (exact) mass is 453 g/mol. The number of hydrogen-bond acceptors (Lipinski definition) is 2. The van der Waals surface area contributed by atoms with Gasteiger partial charge in [0, 0.05) is 11.9 Å². The first kappa shape index (κ1) is 23.3. The molecule has 3 aromatic carbocycles. The maximum absolute atomic E-state index is 13.0. The number of anilines is 1. The molecule has 0 aliphatic heterocycles. The van der Waals surface area contributed by atoms with Crippen molar-refractivity contribution in [2.75, 3.05) is 11.4 Å². The maximum atomic E-state index is 13.0. The molecule has 0 fully saturated rings. The van der Waals surface area contributed by atoms with Gasteiger partial charge >= 0.3 is 12.4 Å². The van der Waals surface area contributed by atoms with Gasteiger partial charge in [0.05, 0.1) is 17.7 Å². The average Bonchev–Trinajstić information content (AvgIpc) is 2.73. The third-order valence-electron chi connectivity index (χ3n) is 4.86. The fourth-order valence-electron chi connectivity index (χ4n) is 3.30. The van der Waals surface area contributed by atoms with Gasteiger partial charge < -0.3 is 4.90 Å². The van der Waals surface area contributed by atoms with Gasteiger partial charge in [-0.05, 0) is 29.5 Å². The zero-order chi connectivity index (χ0) is 23.5. The lowest BCUT2D eigenvalue weighted by atomic mass is 10.0. The van der Waals surface area contributed by atoms with Gasteiger partial charge in [0.15, 0.2) is 0 Å². The molecule has 0 aliphatic rings. The normalized spacial score (nSPS) is 12.1. The highest BCUT2D eigenvalue weighted by atomic mass is 19.4. The molecule has 0 spiro atoms. The smallest absolute Gasteiger partial charge is 0.311 e. The van der Waals surface area contributed by atoms with Crippen LogP contribution in [0.4, 0.5) is 32.0 Å². The molecule has 0 bridgehead atoms. The molecule has 0 unspecified atom stereocenters. The van der Waals surface area contributed by atoms with Crippen LogP contribution in [0.2, 0.25) is 0 Å². The van der Waals surface area contributed by atoms with E-state index in [1.807, 2.05) is 0 Å². The van der Waals surface area contributed by atoms with E-state index in [9.17, 15) is 35.9 Å². The lowest BCUT2D eigenvalue weighted by molar-refractivity contribution is -0.171. The molecule has 168 valence electrons. The Morgan fingerprint density at radius 2 is 1.47 bits per heavy atom. The number of hydrogen-bond donors (Lipinski definition) is 0. The Morgan fingerprint density at radius 3 is 2.16 bits per heavy atom. The fraction of sp³-hybridized carbons (Fsp3) is 0.217. The Morgan fingerprint density at radius 1 is 0.812 bits per heavy atom. The topological polar surface area (TPSA) is 37.4 Å². The van der Waals surface area contributed by atoms with Crippen LogP contribution in [-0.2, 0) is 22.2 Å². The van der Waals surface area contributed by atoms with E-state index < -0.39 is 36.0 Å². The number of benzene rings is 3. The van der Waals surface area contributed by atoms with Crippen molar-refractivity contribution < 1.29 is 35.9 Å². The van der Waals surface area contributed by atoms with Crippen LogP contribution >= 0.6 is 0 Å². The minimum absolute atomic E-state index is 0.0565. The molecular formula is C23H17F6NO2. The van der Waals surface area contributed by atoms with Gasteiger partial charge in [0.25, 0.3) is 0 Å². The second kappa shape index (κ2) is 9.02. The van der Waals surface area contributed by atoms with Crippen LogP contribution in [-0.4, -0.2) is 24.4 Å². The van der Waals surface area contributed by atoms with Crippen LogP contribution in [0, 0.1) is 0 Å². The van der Waals surface area contributed by atoms with Gasteiger partial charge in [0.2, 0.25) is 11.7 Å². The van der Waals surface area contributed by atoms with Gasteiger partial charge in [-0.3, -0.25) is 9.59 Å². The third-order valence-corrected chi connectivity index (χ3v) is 4.86. The summed E-state index contributed by atoms with van der Waals surface area (Å²) >= 11 is 0. The quantitative estimate of drug-likeness (QED) is 0.341. The molecule has 0 saturated heterocycles. The first-order chi connectivity index (χ1) is 15.0. The number of Topliss-reactive ketones (excluding diaryl/α,β-unsaturated/α-hetero) is 1. The molecule has 3 nitrogen and oxygen atoms in total. The molecule has 0 radical (unpaired) electrons. The highest BCUT2D eigenvalue weighted by Crippen LogP contribution is 2.31. The van der Waals surface area contributed by atoms with Crippen LogP contribution in [0.1, 0.15) is 17.5 Å². The standard InChI is InChI=1S/C23H17F6NO2/c24-22(25,26)17-8-3-5-15(13-17)11-12-30(21(32)14-20(31)23(27,28)29)19-10-4-7-16-6-1-2-9-18(16)19/h1-10,13H,11-12,14H2. The molecule has 32 heavy (non-hydrogen) atoms. The third kappa shape index (κ3) is 5.46. The van der Waals surface area contributed by atoms with Crippen LogP contribution in [0.15, 0.2) is 66.7 Å². The zero-order valence-electron chi connectivity index (χ0n) is 16.5. The molecule has 0 aliphatic carbocycles. The van der Waals surface area contributed by atoms with Gasteiger partial charge in [0.1, 0.15) is 0 Å². The van der Waals surface area contributed by atoms with Crippen molar-refractivity contribution in [3.8, 4) is 0 Å². The Kier molecular flexibility index (Phi) is 6.57. The Hall–Kier alpha value is -3.36. The van der Waals surface area contributed by atoms with Crippen LogP contribution in [0.3, 0.4) is 0 Å². The number of amides is 1. The highest BCUT2D eigenvalue weighted by Gasteiger charge is 2.40. The minimum atomic E-state index is -5.17.